The standard InChI is InChI=1S/C28H19Cl3N2O4S/c1-2-8-35-16-5-3-4-14(9-16)23-18-7-6-17(12-21(18)37-27(33)19(23)13-32)36-28(34)26-25(31)24-20(30)10-15(29)11-22(24)38-26/h3-7,9-12,23H,2,8,33H2,1H3. The highest BCUT2D eigenvalue weighted by molar-refractivity contribution is 7.21. The first-order chi connectivity index (χ1) is 18.3. The zero-order valence-electron chi connectivity index (χ0n) is 19.9. The van der Waals surface area contributed by atoms with Gasteiger partial charge in [0, 0.05) is 26.7 Å². The van der Waals surface area contributed by atoms with E-state index in [-0.39, 0.29) is 27.1 Å². The number of benzene rings is 3. The first-order valence-electron chi connectivity index (χ1n) is 11.5. The molecule has 0 radical (unpaired) electrons. The number of rotatable bonds is 6. The Bertz CT molecular complexity index is 1660. The topological polar surface area (TPSA) is 94.6 Å². The Hall–Kier alpha value is -3.41. The van der Waals surface area contributed by atoms with E-state index in [2.05, 4.69) is 6.07 Å². The molecule has 0 saturated heterocycles. The fraction of sp³-hybridized carbons (Fsp3) is 0.143. The Labute approximate surface area is 237 Å². The number of allylic oxidation sites excluding steroid dienone is 1. The van der Waals surface area contributed by atoms with Gasteiger partial charge in [-0.1, -0.05) is 59.9 Å². The highest BCUT2D eigenvalue weighted by atomic mass is 35.5. The molecule has 1 aliphatic heterocycles. The molecule has 0 bridgehead atoms. The van der Waals surface area contributed by atoms with Gasteiger partial charge in [0.25, 0.3) is 0 Å². The van der Waals surface area contributed by atoms with E-state index in [0.29, 0.717) is 43.8 Å². The molecule has 6 nitrogen and oxygen atoms in total. The van der Waals surface area contributed by atoms with Crippen molar-refractivity contribution in [2.45, 2.75) is 19.3 Å². The number of fused-ring (bicyclic) bond motifs is 2. The number of hydrogen-bond acceptors (Lipinski definition) is 7. The lowest BCUT2D eigenvalue weighted by molar-refractivity contribution is 0.0740. The number of nitrogens with zero attached hydrogens (tertiary/aromatic N) is 1. The number of nitrogens with two attached hydrogens (primary N) is 1. The van der Waals surface area contributed by atoms with Gasteiger partial charge in [-0.3, -0.25) is 0 Å². The quantitative estimate of drug-likeness (QED) is 0.181. The SMILES string of the molecule is CCCOc1cccc(C2C(C#N)=C(N)Oc3cc(OC(=O)c4sc5cc(Cl)cc(Cl)c5c4Cl)ccc32)c1. The normalized spacial score (nSPS) is 14.6. The lowest BCUT2D eigenvalue weighted by Crippen LogP contribution is -2.21. The molecule has 38 heavy (non-hydrogen) atoms. The summed E-state index contributed by atoms with van der Waals surface area (Å²) in [6, 6.07) is 17.9. The largest absolute Gasteiger partial charge is 0.494 e. The summed E-state index contributed by atoms with van der Waals surface area (Å²) in [6.07, 6.45) is 0.871. The van der Waals surface area contributed by atoms with Crippen LogP contribution in [-0.2, 0) is 0 Å². The molecule has 192 valence electrons. The minimum absolute atomic E-state index is 0.0209. The maximum absolute atomic E-state index is 13.0. The van der Waals surface area contributed by atoms with Crippen LogP contribution < -0.4 is 19.9 Å². The van der Waals surface area contributed by atoms with Crippen LogP contribution >= 0.6 is 46.1 Å². The van der Waals surface area contributed by atoms with E-state index in [1.54, 1.807) is 30.3 Å². The van der Waals surface area contributed by atoms with Crippen LogP contribution in [0.3, 0.4) is 0 Å². The summed E-state index contributed by atoms with van der Waals surface area (Å²) >= 11 is 20.0. The second kappa shape index (κ2) is 10.8. The van der Waals surface area contributed by atoms with E-state index in [4.69, 9.17) is 54.7 Å². The van der Waals surface area contributed by atoms with Gasteiger partial charge < -0.3 is 19.9 Å². The van der Waals surface area contributed by atoms with Crippen molar-refractivity contribution in [3.63, 3.8) is 0 Å². The van der Waals surface area contributed by atoms with Gasteiger partial charge in [0.1, 0.15) is 33.8 Å². The summed E-state index contributed by atoms with van der Waals surface area (Å²) in [7, 11) is 0. The zero-order valence-corrected chi connectivity index (χ0v) is 23.0. The monoisotopic (exact) mass is 584 g/mol. The number of esters is 1. The van der Waals surface area contributed by atoms with E-state index in [9.17, 15) is 10.1 Å². The van der Waals surface area contributed by atoms with Crippen molar-refractivity contribution in [1.29, 1.82) is 5.26 Å². The molecule has 4 aromatic rings. The van der Waals surface area contributed by atoms with Crippen molar-refractivity contribution in [2.24, 2.45) is 5.73 Å². The predicted octanol–water partition coefficient (Wildman–Crippen LogP) is 8.09. The first-order valence-corrected chi connectivity index (χ1v) is 13.5. The van der Waals surface area contributed by atoms with Crippen LogP contribution in [0.5, 0.6) is 17.2 Å². The van der Waals surface area contributed by atoms with E-state index >= 15 is 0 Å². The third-order valence-electron chi connectivity index (χ3n) is 5.90. The Morgan fingerprint density at radius 1 is 1.13 bits per heavy atom. The summed E-state index contributed by atoms with van der Waals surface area (Å²) in [4.78, 5) is 13.2. The fourth-order valence-electron chi connectivity index (χ4n) is 4.24. The molecule has 0 aliphatic carbocycles. The smallest absolute Gasteiger partial charge is 0.355 e. The minimum Gasteiger partial charge on any atom is -0.494 e. The summed E-state index contributed by atoms with van der Waals surface area (Å²) in [6.45, 7) is 2.61. The molecule has 2 heterocycles. The van der Waals surface area contributed by atoms with Crippen LogP contribution in [0.2, 0.25) is 15.1 Å². The molecule has 3 aromatic carbocycles. The Balaban J connectivity index is 1.48. The van der Waals surface area contributed by atoms with Crippen molar-refractivity contribution < 1.29 is 19.0 Å². The van der Waals surface area contributed by atoms with E-state index in [1.807, 2.05) is 31.2 Å². The van der Waals surface area contributed by atoms with E-state index in [1.165, 1.54) is 0 Å². The molecule has 1 aliphatic rings. The highest BCUT2D eigenvalue weighted by Crippen LogP contribution is 2.45. The van der Waals surface area contributed by atoms with Gasteiger partial charge in [-0.15, -0.1) is 11.3 Å². The molecule has 0 saturated carbocycles. The summed E-state index contributed by atoms with van der Waals surface area (Å²) in [5.74, 6) is 0.125. The molecule has 10 heteroatoms. The van der Waals surface area contributed by atoms with Crippen molar-refractivity contribution in [3.05, 3.63) is 97.1 Å². The summed E-state index contributed by atoms with van der Waals surface area (Å²) < 4.78 is 17.8. The van der Waals surface area contributed by atoms with Gasteiger partial charge in [-0.05, 0) is 42.3 Å². The van der Waals surface area contributed by atoms with Gasteiger partial charge in [-0.25, -0.2) is 4.79 Å². The number of thiophene rings is 1. The Morgan fingerprint density at radius 2 is 1.95 bits per heavy atom. The van der Waals surface area contributed by atoms with Gasteiger partial charge in [0.05, 0.1) is 22.6 Å². The highest BCUT2D eigenvalue weighted by Gasteiger charge is 2.31. The van der Waals surface area contributed by atoms with Crippen molar-refractivity contribution >= 4 is 62.2 Å². The zero-order chi connectivity index (χ0) is 27.0. The van der Waals surface area contributed by atoms with Gasteiger partial charge >= 0.3 is 5.97 Å². The third kappa shape index (κ3) is 4.89. The molecule has 1 aromatic heterocycles. The van der Waals surface area contributed by atoms with Gasteiger partial charge in [0.15, 0.2) is 0 Å². The molecular weight excluding hydrogens is 567 g/mol. The number of halogens is 3. The molecule has 1 unspecified atom stereocenters. The number of carbonyl (C=O) groups is 1. The Kier molecular flexibility index (Phi) is 7.42. The number of ether oxygens (including phenoxy) is 3. The minimum atomic E-state index is -0.655. The molecule has 1 atom stereocenters. The lowest BCUT2D eigenvalue weighted by atomic mass is 9.83. The van der Waals surface area contributed by atoms with E-state index in [0.717, 1.165) is 23.3 Å². The van der Waals surface area contributed by atoms with Crippen LogP contribution in [0.4, 0.5) is 0 Å². The van der Waals surface area contributed by atoms with Gasteiger partial charge in [-0.2, -0.15) is 5.26 Å². The fourth-order valence-corrected chi connectivity index (χ4v) is 6.49. The van der Waals surface area contributed by atoms with Crippen LogP contribution in [0.25, 0.3) is 10.1 Å². The van der Waals surface area contributed by atoms with Crippen molar-refractivity contribution in [1.82, 2.24) is 0 Å². The van der Waals surface area contributed by atoms with Crippen LogP contribution in [-0.4, -0.2) is 12.6 Å². The number of hydrogen-bond donors (Lipinski definition) is 1. The summed E-state index contributed by atoms with van der Waals surface area (Å²) in [5, 5.41) is 11.4. The number of carbonyl (C=O) groups excluding carboxylic acids is 1. The lowest BCUT2D eigenvalue weighted by Gasteiger charge is -2.27. The van der Waals surface area contributed by atoms with Crippen LogP contribution in [0, 0.1) is 11.3 Å². The number of nitriles is 1. The maximum atomic E-state index is 13.0. The van der Waals surface area contributed by atoms with Crippen molar-refractivity contribution in [3.8, 4) is 23.3 Å². The molecule has 0 amide bonds. The van der Waals surface area contributed by atoms with Crippen LogP contribution in [0.1, 0.15) is 40.1 Å². The third-order valence-corrected chi connectivity index (χ3v) is 8.02. The summed E-state index contributed by atoms with van der Waals surface area (Å²) in [5.41, 5.74) is 7.94. The first kappa shape index (κ1) is 26.2. The van der Waals surface area contributed by atoms with Crippen molar-refractivity contribution in [2.75, 3.05) is 6.61 Å². The Morgan fingerprint density at radius 3 is 2.71 bits per heavy atom. The predicted molar refractivity (Wildman–Crippen MR) is 150 cm³/mol. The second-order valence-corrected chi connectivity index (χ2v) is 10.7. The molecule has 5 rings (SSSR count). The van der Waals surface area contributed by atoms with E-state index < -0.39 is 11.9 Å². The average molecular weight is 586 g/mol. The average Bonchev–Trinajstić information content (AvgIpc) is 3.23. The molecule has 0 spiro atoms. The maximum Gasteiger partial charge on any atom is 0.355 e. The molecule has 2 N–H and O–H groups in total. The second-order valence-electron chi connectivity index (χ2n) is 8.44. The van der Waals surface area contributed by atoms with Crippen LogP contribution in [0.15, 0.2) is 66.1 Å². The molecule has 0 fully saturated rings. The molecular formula is C28H19Cl3N2O4S. The van der Waals surface area contributed by atoms with Gasteiger partial charge in [0.2, 0.25) is 5.88 Å².